The van der Waals surface area contributed by atoms with Crippen LogP contribution in [0.15, 0.2) is 40.9 Å². The second kappa shape index (κ2) is 6.01. The molecular weight excluding hydrogens is 282 g/mol. The first-order valence-electron chi connectivity index (χ1n) is 7.32. The number of nitrogens with one attached hydrogen (secondary N) is 1. The van der Waals surface area contributed by atoms with Crippen molar-refractivity contribution in [2.45, 2.75) is 32.4 Å². The number of carbonyl (C=O) groups excluding carboxylic acids is 2. The molecular formula is C16H17N3O3. The monoisotopic (exact) mass is 299 g/mol. The fourth-order valence-corrected chi connectivity index (χ4v) is 2.50. The van der Waals surface area contributed by atoms with E-state index in [4.69, 9.17) is 4.52 Å². The standard InChI is InChI=1S/C16H17N3O3/c1-2-6-13-15(20)19(16(21)17-13)10-12-9-14(22-18-12)11-7-4-3-5-8-11/h3-5,7-9,13H,2,6,10H2,1H3,(H,17,21)/t13-/m1/s1. The van der Waals surface area contributed by atoms with Crippen LogP contribution in [0.25, 0.3) is 11.3 Å². The van der Waals surface area contributed by atoms with Gasteiger partial charge in [-0.1, -0.05) is 48.8 Å². The van der Waals surface area contributed by atoms with Crippen molar-refractivity contribution >= 4 is 11.9 Å². The Bertz CT molecular complexity index is 681. The van der Waals surface area contributed by atoms with Crippen LogP contribution in [0.3, 0.4) is 0 Å². The van der Waals surface area contributed by atoms with Gasteiger partial charge < -0.3 is 9.84 Å². The van der Waals surface area contributed by atoms with Gasteiger partial charge in [0.05, 0.1) is 6.54 Å². The van der Waals surface area contributed by atoms with Gasteiger partial charge in [-0.2, -0.15) is 0 Å². The normalized spacial score (nSPS) is 17.9. The van der Waals surface area contributed by atoms with Crippen molar-refractivity contribution in [3.8, 4) is 11.3 Å². The van der Waals surface area contributed by atoms with Gasteiger partial charge in [-0.25, -0.2) is 4.79 Å². The number of benzene rings is 1. The van der Waals surface area contributed by atoms with Crippen LogP contribution in [0.1, 0.15) is 25.5 Å². The van der Waals surface area contributed by atoms with Crippen LogP contribution in [0, 0.1) is 0 Å². The lowest BCUT2D eigenvalue weighted by Gasteiger charge is -2.10. The summed E-state index contributed by atoms with van der Waals surface area (Å²) >= 11 is 0. The molecule has 0 saturated carbocycles. The lowest BCUT2D eigenvalue weighted by Crippen LogP contribution is -2.31. The van der Waals surface area contributed by atoms with Gasteiger partial charge in [0.15, 0.2) is 5.76 Å². The maximum Gasteiger partial charge on any atom is 0.325 e. The molecule has 1 fully saturated rings. The third-order valence-electron chi connectivity index (χ3n) is 3.62. The highest BCUT2D eigenvalue weighted by Crippen LogP contribution is 2.21. The highest BCUT2D eigenvalue weighted by atomic mass is 16.5. The maximum atomic E-state index is 12.2. The highest BCUT2D eigenvalue weighted by molar-refractivity contribution is 6.04. The second-order valence-electron chi connectivity index (χ2n) is 5.26. The van der Waals surface area contributed by atoms with Crippen LogP contribution >= 0.6 is 0 Å². The highest BCUT2D eigenvalue weighted by Gasteiger charge is 2.37. The first-order valence-corrected chi connectivity index (χ1v) is 7.32. The summed E-state index contributed by atoms with van der Waals surface area (Å²) in [6.45, 7) is 2.10. The van der Waals surface area contributed by atoms with E-state index in [-0.39, 0.29) is 18.5 Å². The van der Waals surface area contributed by atoms with Crippen LogP contribution in [0.5, 0.6) is 0 Å². The number of hydrogen-bond acceptors (Lipinski definition) is 4. The molecule has 0 spiro atoms. The molecule has 3 rings (SSSR count). The van der Waals surface area contributed by atoms with E-state index >= 15 is 0 Å². The Morgan fingerprint density at radius 3 is 2.77 bits per heavy atom. The average molecular weight is 299 g/mol. The third-order valence-corrected chi connectivity index (χ3v) is 3.62. The van der Waals surface area contributed by atoms with Gasteiger partial charge in [0.2, 0.25) is 0 Å². The molecule has 2 heterocycles. The Hall–Kier alpha value is -2.63. The van der Waals surface area contributed by atoms with Gasteiger partial charge in [0.1, 0.15) is 11.7 Å². The van der Waals surface area contributed by atoms with E-state index in [1.54, 1.807) is 6.07 Å². The van der Waals surface area contributed by atoms with E-state index in [1.165, 1.54) is 4.90 Å². The van der Waals surface area contributed by atoms with Crippen molar-refractivity contribution < 1.29 is 14.1 Å². The van der Waals surface area contributed by atoms with Crippen LogP contribution in [0.4, 0.5) is 4.79 Å². The topological polar surface area (TPSA) is 75.4 Å². The molecule has 114 valence electrons. The van der Waals surface area contributed by atoms with Crippen molar-refractivity contribution in [3.63, 3.8) is 0 Å². The third kappa shape index (κ3) is 2.72. The zero-order chi connectivity index (χ0) is 15.5. The fourth-order valence-electron chi connectivity index (χ4n) is 2.50. The molecule has 0 unspecified atom stereocenters. The van der Waals surface area contributed by atoms with Gasteiger partial charge in [-0.05, 0) is 6.42 Å². The lowest BCUT2D eigenvalue weighted by molar-refractivity contribution is -0.128. The molecule has 1 saturated heterocycles. The number of aromatic nitrogens is 1. The summed E-state index contributed by atoms with van der Waals surface area (Å²) in [5.74, 6) is 0.420. The Morgan fingerprint density at radius 2 is 2.05 bits per heavy atom. The number of carbonyl (C=O) groups is 2. The Labute approximate surface area is 128 Å². The Kier molecular flexibility index (Phi) is 3.91. The zero-order valence-corrected chi connectivity index (χ0v) is 12.3. The Balaban J connectivity index is 1.73. The molecule has 2 aromatic rings. The minimum absolute atomic E-state index is 0.126. The molecule has 1 N–H and O–H groups in total. The number of hydrogen-bond donors (Lipinski definition) is 1. The molecule has 1 atom stereocenters. The predicted molar refractivity (Wildman–Crippen MR) is 79.7 cm³/mol. The van der Waals surface area contributed by atoms with Crippen LogP contribution in [-0.2, 0) is 11.3 Å². The second-order valence-corrected chi connectivity index (χ2v) is 5.26. The first-order chi connectivity index (χ1) is 10.7. The summed E-state index contributed by atoms with van der Waals surface area (Å²) in [5, 5.41) is 6.64. The molecule has 1 aromatic heterocycles. The number of nitrogens with zero attached hydrogens (tertiary/aromatic N) is 2. The van der Waals surface area contributed by atoms with Gasteiger partial charge in [0.25, 0.3) is 5.91 Å². The van der Waals surface area contributed by atoms with Crippen LogP contribution in [-0.4, -0.2) is 28.0 Å². The van der Waals surface area contributed by atoms with E-state index < -0.39 is 6.04 Å². The van der Waals surface area contributed by atoms with E-state index in [0.29, 0.717) is 17.9 Å². The summed E-state index contributed by atoms with van der Waals surface area (Å²) in [6.07, 6.45) is 1.49. The summed E-state index contributed by atoms with van der Waals surface area (Å²) in [6, 6.07) is 10.5. The van der Waals surface area contributed by atoms with Crippen molar-refractivity contribution in [2.75, 3.05) is 0 Å². The van der Waals surface area contributed by atoms with E-state index in [0.717, 1.165) is 12.0 Å². The lowest BCUT2D eigenvalue weighted by atomic mass is 10.1. The molecule has 0 aliphatic carbocycles. The first kappa shape index (κ1) is 14.3. The molecule has 22 heavy (non-hydrogen) atoms. The number of imide groups is 1. The Morgan fingerprint density at radius 1 is 1.27 bits per heavy atom. The number of urea groups is 1. The predicted octanol–water partition coefficient (Wildman–Crippen LogP) is 2.56. The van der Waals surface area contributed by atoms with E-state index in [9.17, 15) is 9.59 Å². The molecule has 3 amide bonds. The molecule has 6 nitrogen and oxygen atoms in total. The zero-order valence-electron chi connectivity index (χ0n) is 12.3. The smallest absolute Gasteiger partial charge is 0.325 e. The molecule has 1 aliphatic heterocycles. The van der Waals surface area contributed by atoms with Crippen molar-refractivity contribution in [2.24, 2.45) is 0 Å². The van der Waals surface area contributed by atoms with Crippen molar-refractivity contribution in [1.29, 1.82) is 0 Å². The summed E-state index contributed by atoms with van der Waals surface area (Å²) < 4.78 is 5.29. The summed E-state index contributed by atoms with van der Waals surface area (Å²) in [7, 11) is 0. The van der Waals surface area contributed by atoms with Gasteiger partial charge >= 0.3 is 6.03 Å². The quantitative estimate of drug-likeness (QED) is 0.861. The van der Waals surface area contributed by atoms with Gasteiger partial charge in [-0.3, -0.25) is 9.69 Å². The van der Waals surface area contributed by atoms with Crippen LogP contribution in [0.2, 0.25) is 0 Å². The SMILES string of the molecule is CCC[C@H]1NC(=O)N(Cc2cc(-c3ccccc3)on2)C1=O. The van der Waals surface area contributed by atoms with E-state index in [1.807, 2.05) is 37.3 Å². The van der Waals surface area contributed by atoms with Crippen molar-refractivity contribution in [3.05, 3.63) is 42.1 Å². The summed E-state index contributed by atoms with van der Waals surface area (Å²) in [5.41, 5.74) is 1.46. The van der Waals surface area contributed by atoms with Gasteiger partial charge in [0, 0.05) is 11.6 Å². The molecule has 6 heteroatoms. The van der Waals surface area contributed by atoms with Crippen molar-refractivity contribution in [1.82, 2.24) is 15.4 Å². The van der Waals surface area contributed by atoms with Gasteiger partial charge in [-0.15, -0.1) is 0 Å². The number of rotatable bonds is 5. The maximum absolute atomic E-state index is 12.2. The minimum Gasteiger partial charge on any atom is -0.356 e. The number of amides is 3. The van der Waals surface area contributed by atoms with E-state index in [2.05, 4.69) is 10.5 Å². The molecule has 1 aromatic carbocycles. The molecule has 0 radical (unpaired) electrons. The average Bonchev–Trinajstić information content (AvgIpc) is 3.10. The molecule has 0 bridgehead atoms. The molecule has 1 aliphatic rings. The van der Waals surface area contributed by atoms with Crippen LogP contribution < -0.4 is 5.32 Å². The summed E-state index contributed by atoms with van der Waals surface area (Å²) in [4.78, 5) is 25.2. The largest absolute Gasteiger partial charge is 0.356 e. The fraction of sp³-hybridized carbons (Fsp3) is 0.312. The minimum atomic E-state index is -0.419.